The van der Waals surface area contributed by atoms with E-state index >= 15 is 0 Å². The highest BCUT2D eigenvalue weighted by molar-refractivity contribution is 5.99. The van der Waals surface area contributed by atoms with Crippen LogP contribution in [0.2, 0.25) is 0 Å². The summed E-state index contributed by atoms with van der Waals surface area (Å²) in [5.41, 5.74) is 10.2. The number of alkyl carbamates (subject to hydrolysis) is 1. The molecule has 4 amide bonds. The Morgan fingerprint density at radius 2 is 1.37 bits per heavy atom. The number of aromatic amines is 1. The molecule has 0 spiro atoms. The van der Waals surface area contributed by atoms with Crippen molar-refractivity contribution in [3.63, 3.8) is 0 Å². The van der Waals surface area contributed by atoms with Gasteiger partial charge >= 0.3 is 6.09 Å². The molecule has 3 fully saturated rings. The van der Waals surface area contributed by atoms with Crippen LogP contribution in [-0.4, -0.2) is 89.0 Å². The number of carbonyl (C=O) groups excluding carboxylic acids is 4. The van der Waals surface area contributed by atoms with E-state index in [0.717, 1.165) is 53.9 Å². The van der Waals surface area contributed by atoms with Gasteiger partial charge in [-0.2, -0.15) is 0 Å². The molecule has 6 atom stereocenters. The number of methoxy groups -OCH3 is 2. The summed E-state index contributed by atoms with van der Waals surface area (Å²) in [6, 6.07) is 19.3. The zero-order valence-corrected chi connectivity index (χ0v) is 37.3. The van der Waals surface area contributed by atoms with E-state index < -0.39 is 24.2 Å². The zero-order valence-electron chi connectivity index (χ0n) is 37.3. The van der Waals surface area contributed by atoms with Gasteiger partial charge in [-0.15, -0.1) is 0 Å². The fourth-order valence-corrected chi connectivity index (χ4v) is 10.4. The fraction of sp³-hybridized carbons (Fsp3) is 0.460. The molecule has 4 aliphatic rings. The van der Waals surface area contributed by atoms with Crippen molar-refractivity contribution in [2.75, 3.05) is 32.6 Å². The van der Waals surface area contributed by atoms with Crippen LogP contribution in [0.15, 0.2) is 79.3 Å². The smallest absolute Gasteiger partial charge is 0.407 e. The van der Waals surface area contributed by atoms with Gasteiger partial charge in [0.25, 0.3) is 0 Å². The second-order valence-electron chi connectivity index (χ2n) is 18.3. The number of hydrogen-bond donors (Lipinski definition) is 4. The molecule has 2 saturated heterocycles. The van der Waals surface area contributed by atoms with Crippen molar-refractivity contribution < 1.29 is 28.7 Å². The van der Waals surface area contributed by atoms with E-state index in [-0.39, 0.29) is 35.6 Å². The molecular weight excluding hydrogens is 795 g/mol. The van der Waals surface area contributed by atoms with Gasteiger partial charge < -0.3 is 40.2 Å². The summed E-state index contributed by atoms with van der Waals surface area (Å²) in [4.78, 5) is 65.1. The Balaban J connectivity index is 0.990. The van der Waals surface area contributed by atoms with E-state index in [9.17, 15) is 19.2 Å². The lowest BCUT2D eigenvalue weighted by atomic mass is 9.81. The van der Waals surface area contributed by atoms with Gasteiger partial charge in [0.05, 0.1) is 32.2 Å². The number of nitrogens with zero attached hydrogens (tertiary/aromatic N) is 3. The maximum absolute atomic E-state index is 13.8. The van der Waals surface area contributed by atoms with Crippen LogP contribution in [0.3, 0.4) is 0 Å². The predicted molar refractivity (Wildman–Crippen MR) is 243 cm³/mol. The number of imidazole rings is 1. The fourth-order valence-electron chi connectivity index (χ4n) is 10.4. The number of amides is 4. The van der Waals surface area contributed by atoms with Crippen LogP contribution in [0, 0.1) is 11.8 Å². The topological polar surface area (TPSA) is 158 Å². The molecule has 0 radical (unpaired) electrons. The summed E-state index contributed by atoms with van der Waals surface area (Å²) in [6.45, 7) is 12.7. The van der Waals surface area contributed by atoms with Crippen molar-refractivity contribution >= 4 is 29.5 Å². The number of aromatic nitrogens is 2. The molecule has 2 aliphatic carbocycles. The van der Waals surface area contributed by atoms with Gasteiger partial charge in [0.15, 0.2) is 5.88 Å². The number of nitrogens with one attached hydrogen (secondary N) is 4. The van der Waals surface area contributed by atoms with Crippen LogP contribution in [0.25, 0.3) is 33.5 Å². The first-order valence-corrected chi connectivity index (χ1v) is 22.5. The molecule has 8 rings (SSSR count). The number of fused-ring (bicyclic) bond motifs is 5. The van der Waals surface area contributed by atoms with E-state index in [1.165, 1.54) is 49.3 Å². The van der Waals surface area contributed by atoms with Gasteiger partial charge in [-0.05, 0) is 126 Å². The highest BCUT2D eigenvalue weighted by Crippen LogP contribution is 2.58. The van der Waals surface area contributed by atoms with Crippen molar-refractivity contribution in [1.29, 1.82) is 0 Å². The number of carbonyl (C=O) groups is 4. The SMILES string of the molecule is C=C(N[C@H](C(=O)N1CCC[C@H]1C(=O)Nc1cccc(-c2ccc(-c3ccc(-c4cnc([C@@H]5CCCN5C(=O)[C@@H](NC(=O)OC)C(C)C)[nH]4)cc3)c3c2C2CCC3C2)c1)C(C)C)OC. The molecule has 4 N–H and O–H groups in total. The largest absolute Gasteiger partial charge is 0.483 e. The first kappa shape index (κ1) is 43.5. The van der Waals surface area contributed by atoms with Gasteiger partial charge in [-0.3, -0.25) is 14.4 Å². The van der Waals surface area contributed by atoms with Gasteiger partial charge in [0, 0.05) is 18.8 Å². The Kier molecular flexibility index (Phi) is 12.7. The Bertz CT molecular complexity index is 2370. The Hall–Kier alpha value is -6.11. The number of rotatable bonds is 14. The quantitative estimate of drug-likeness (QED) is 0.0921. The standard InChI is InChI=1S/C50H61N7O6/c1-28(2)44(52-30(5)62-6)48(59)57-24-10-14-41(57)47(58)53-36-12-8-11-33(26-36)38-22-21-37(42-34-19-20-35(25-34)43(38)42)31-15-17-32(18-16-31)39-27-51-46(54-39)40-13-9-23-56(40)49(60)45(29(3)4)55-50(61)63-7/h8,11-12,15-18,21-22,26-29,34-35,40-41,44-45,52H,5,9-10,13-14,19-20,23-25H2,1-4,6-7H3,(H,51,54)(H,53,58)(H,55,61)/t34?,35?,40-,41-,44-,45-/m0/s1. The predicted octanol–water partition coefficient (Wildman–Crippen LogP) is 8.48. The second-order valence-corrected chi connectivity index (χ2v) is 18.3. The molecule has 2 unspecified atom stereocenters. The second kappa shape index (κ2) is 18.3. The third-order valence-electron chi connectivity index (χ3n) is 13.7. The minimum absolute atomic E-state index is 0.0257. The average Bonchev–Trinajstić information content (AvgIpc) is 4.15. The first-order chi connectivity index (χ1) is 30.4. The molecule has 13 nitrogen and oxygen atoms in total. The molecule has 13 heteroatoms. The molecule has 1 saturated carbocycles. The number of hydrogen-bond acceptors (Lipinski definition) is 8. The molecule has 3 heterocycles. The molecular formula is C50H61N7O6. The Morgan fingerprint density at radius 3 is 2.03 bits per heavy atom. The van der Waals surface area contributed by atoms with Crippen LogP contribution < -0.4 is 16.0 Å². The lowest BCUT2D eigenvalue weighted by Gasteiger charge is -2.31. The van der Waals surface area contributed by atoms with Gasteiger partial charge in [0.2, 0.25) is 17.7 Å². The maximum atomic E-state index is 13.8. The molecule has 3 aromatic carbocycles. The van der Waals surface area contributed by atoms with Crippen LogP contribution >= 0.6 is 0 Å². The van der Waals surface area contributed by atoms with Crippen LogP contribution in [0.1, 0.15) is 107 Å². The van der Waals surface area contributed by atoms with E-state index in [1.807, 2.05) is 50.9 Å². The number of H-pyrrole nitrogens is 1. The third-order valence-corrected chi connectivity index (χ3v) is 13.7. The minimum atomic E-state index is -0.689. The van der Waals surface area contributed by atoms with Gasteiger partial charge in [0.1, 0.15) is 23.9 Å². The highest BCUT2D eigenvalue weighted by Gasteiger charge is 2.42. The van der Waals surface area contributed by atoms with Crippen molar-refractivity contribution in [2.24, 2.45) is 11.8 Å². The summed E-state index contributed by atoms with van der Waals surface area (Å²) >= 11 is 0. The van der Waals surface area contributed by atoms with Gasteiger partial charge in [-0.25, -0.2) is 9.78 Å². The van der Waals surface area contributed by atoms with E-state index in [1.54, 1.807) is 4.90 Å². The average molecular weight is 856 g/mol. The normalized spacial score (nSPS) is 21.0. The molecule has 332 valence electrons. The number of anilines is 1. The molecule has 2 aliphatic heterocycles. The van der Waals surface area contributed by atoms with Crippen LogP contribution in [0.4, 0.5) is 10.5 Å². The third kappa shape index (κ3) is 8.66. The lowest BCUT2D eigenvalue weighted by Crippen LogP contribution is -2.53. The summed E-state index contributed by atoms with van der Waals surface area (Å²) in [5, 5.41) is 8.97. The molecule has 1 aromatic heterocycles. The summed E-state index contributed by atoms with van der Waals surface area (Å²) in [6.07, 6.45) is 7.72. The molecule has 4 aromatic rings. The maximum Gasteiger partial charge on any atom is 0.407 e. The van der Waals surface area contributed by atoms with Crippen molar-refractivity contribution in [3.8, 4) is 33.5 Å². The van der Waals surface area contributed by atoms with Crippen LogP contribution in [-0.2, 0) is 23.9 Å². The van der Waals surface area contributed by atoms with Crippen LogP contribution in [0.5, 0.6) is 0 Å². The van der Waals surface area contributed by atoms with Crippen molar-refractivity contribution in [1.82, 2.24) is 30.4 Å². The van der Waals surface area contributed by atoms with Gasteiger partial charge in [-0.1, -0.05) is 76.2 Å². The monoisotopic (exact) mass is 855 g/mol. The van der Waals surface area contributed by atoms with E-state index in [4.69, 9.17) is 14.5 Å². The molecule has 2 bridgehead atoms. The van der Waals surface area contributed by atoms with E-state index in [2.05, 4.69) is 76.0 Å². The number of ether oxygens (including phenoxy) is 2. The Morgan fingerprint density at radius 1 is 0.746 bits per heavy atom. The zero-order chi connectivity index (χ0) is 44.5. The lowest BCUT2D eigenvalue weighted by molar-refractivity contribution is -0.139. The highest BCUT2D eigenvalue weighted by atomic mass is 16.5. The summed E-state index contributed by atoms with van der Waals surface area (Å²) < 4.78 is 9.99. The summed E-state index contributed by atoms with van der Waals surface area (Å²) in [7, 11) is 2.81. The minimum Gasteiger partial charge on any atom is -0.483 e. The van der Waals surface area contributed by atoms with Crippen molar-refractivity contribution in [2.45, 2.75) is 109 Å². The summed E-state index contributed by atoms with van der Waals surface area (Å²) in [5.74, 6) is 1.48. The van der Waals surface area contributed by atoms with E-state index in [0.29, 0.717) is 42.9 Å². The molecule has 63 heavy (non-hydrogen) atoms. The first-order valence-electron chi connectivity index (χ1n) is 22.5. The Labute approximate surface area is 370 Å². The number of likely N-dealkylation sites (tertiary alicyclic amines) is 2. The number of benzene rings is 3. The van der Waals surface area contributed by atoms with Crippen molar-refractivity contribution in [3.05, 3.63) is 96.3 Å².